The summed E-state index contributed by atoms with van der Waals surface area (Å²) < 4.78 is 4.42. The van der Waals surface area contributed by atoms with Gasteiger partial charge < -0.3 is 9.47 Å². The van der Waals surface area contributed by atoms with Crippen molar-refractivity contribution >= 4 is 12.4 Å². The Kier molecular flexibility index (Phi) is 7.04. The topological polar surface area (TPSA) is 38.9 Å². The fourth-order valence-electron chi connectivity index (χ4n) is 4.43. The highest BCUT2D eigenvalue weighted by Crippen LogP contribution is 2.30. The molecule has 5 nitrogen and oxygen atoms in total. The largest absolute Gasteiger partial charge is 0.324 e. The molecule has 0 spiro atoms. The van der Waals surface area contributed by atoms with Crippen LogP contribution in [-0.4, -0.2) is 43.9 Å². The molecule has 0 radical (unpaired) electrons. The molecule has 0 atom stereocenters. The fourth-order valence-corrected chi connectivity index (χ4v) is 4.43. The van der Waals surface area contributed by atoms with Crippen LogP contribution in [-0.2, 0) is 12.1 Å². The number of benzene rings is 1. The number of aromatic nitrogens is 4. The Morgan fingerprint density at radius 1 is 1.07 bits per heavy atom. The Morgan fingerprint density at radius 3 is 2.47 bits per heavy atom. The third-order valence-electron chi connectivity index (χ3n) is 6.33. The van der Waals surface area contributed by atoms with E-state index in [0.717, 1.165) is 24.7 Å². The van der Waals surface area contributed by atoms with E-state index in [9.17, 15) is 0 Å². The second-order valence-corrected chi connectivity index (χ2v) is 9.21. The van der Waals surface area contributed by atoms with Crippen LogP contribution in [0.2, 0.25) is 0 Å². The van der Waals surface area contributed by atoms with Gasteiger partial charge >= 0.3 is 0 Å². The molecule has 3 heterocycles. The number of likely N-dealkylation sites (tertiary alicyclic amines) is 1. The average Bonchev–Trinajstić information content (AvgIpc) is 3.32. The van der Waals surface area contributed by atoms with E-state index in [0.29, 0.717) is 0 Å². The maximum absolute atomic E-state index is 4.68. The van der Waals surface area contributed by atoms with Crippen LogP contribution >= 0.6 is 12.4 Å². The Labute approximate surface area is 186 Å². The van der Waals surface area contributed by atoms with Gasteiger partial charge in [-0.2, -0.15) is 5.10 Å². The molecule has 4 rings (SSSR count). The van der Waals surface area contributed by atoms with Crippen molar-refractivity contribution in [2.45, 2.75) is 52.6 Å². The Balaban J connectivity index is 0.00000256. The van der Waals surface area contributed by atoms with E-state index >= 15 is 0 Å². The SMILES string of the molecule is Cc1c(-c2cncn2C(C)(C)CN2CCC(C)CC2)cnn1Cc1ccccc1.Cl. The van der Waals surface area contributed by atoms with Crippen LogP contribution in [0.1, 0.15) is 44.9 Å². The molecule has 0 bridgehead atoms. The quantitative estimate of drug-likeness (QED) is 0.556. The maximum Gasteiger partial charge on any atom is 0.0956 e. The van der Waals surface area contributed by atoms with Crippen LogP contribution < -0.4 is 0 Å². The first-order chi connectivity index (χ1) is 13.9. The fraction of sp³-hybridized carbons (Fsp3) is 0.500. The van der Waals surface area contributed by atoms with Gasteiger partial charge in [0.05, 0.1) is 36.5 Å². The molecule has 6 heteroatoms. The summed E-state index contributed by atoms with van der Waals surface area (Å²) in [7, 11) is 0. The van der Waals surface area contributed by atoms with E-state index in [4.69, 9.17) is 0 Å². The molecule has 30 heavy (non-hydrogen) atoms. The van der Waals surface area contributed by atoms with E-state index in [1.165, 1.54) is 42.8 Å². The van der Waals surface area contributed by atoms with Crippen LogP contribution in [0.4, 0.5) is 0 Å². The highest BCUT2D eigenvalue weighted by atomic mass is 35.5. The standard InChI is InChI=1S/C24H33N5.ClH/c1-19-10-12-27(13-11-19)17-24(3,4)28-18-25-15-23(28)22-14-26-29(20(22)2)16-21-8-6-5-7-9-21;/h5-9,14-15,18-19H,10-13,16-17H2,1-4H3;1H. The molecule has 162 valence electrons. The molecule has 1 aliphatic rings. The zero-order valence-corrected chi connectivity index (χ0v) is 19.4. The minimum Gasteiger partial charge on any atom is -0.324 e. The summed E-state index contributed by atoms with van der Waals surface area (Å²) in [5.41, 5.74) is 4.73. The number of hydrogen-bond donors (Lipinski definition) is 0. The molecule has 3 aromatic rings. The van der Waals surface area contributed by atoms with Gasteiger partial charge in [0.1, 0.15) is 0 Å². The van der Waals surface area contributed by atoms with Crippen molar-refractivity contribution in [3.05, 3.63) is 60.3 Å². The zero-order chi connectivity index (χ0) is 20.4. The highest BCUT2D eigenvalue weighted by molar-refractivity contribution is 5.85. The van der Waals surface area contributed by atoms with Crippen molar-refractivity contribution in [1.82, 2.24) is 24.2 Å². The lowest BCUT2D eigenvalue weighted by Gasteiger charge is -2.38. The first kappa shape index (κ1) is 22.6. The predicted molar refractivity (Wildman–Crippen MR) is 125 cm³/mol. The molecule has 0 N–H and O–H groups in total. The van der Waals surface area contributed by atoms with E-state index in [-0.39, 0.29) is 17.9 Å². The Bertz CT molecular complexity index is 936. The van der Waals surface area contributed by atoms with Crippen molar-refractivity contribution in [2.24, 2.45) is 5.92 Å². The lowest BCUT2D eigenvalue weighted by molar-refractivity contribution is 0.136. The summed E-state index contributed by atoms with van der Waals surface area (Å²) in [6.45, 7) is 13.4. The van der Waals surface area contributed by atoms with Crippen LogP contribution in [0.3, 0.4) is 0 Å². The van der Waals surface area contributed by atoms with Gasteiger partial charge in [-0.05, 0) is 58.2 Å². The third-order valence-corrected chi connectivity index (χ3v) is 6.33. The minimum absolute atomic E-state index is 0. The Hall–Kier alpha value is -2.11. The summed E-state index contributed by atoms with van der Waals surface area (Å²) in [6.07, 6.45) is 8.56. The molecule has 1 aliphatic heterocycles. The van der Waals surface area contributed by atoms with Gasteiger partial charge in [0.15, 0.2) is 0 Å². The lowest BCUT2D eigenvalue weighted by atomic mass is 9.96. The first-order valence-electron chi connectivity index (χ1n) is 10.8. The molecule has 0 unspecified atom stereocenters. The van der Waals surface area contributed by atoms with E-state index in [1.807, 2.05) is 18.7 Å². The number of hydrogen-bond acceptors (Lipinski definition) is 3. The maximum atomic E-state index is 4.68. The van der Waals surface area contributed by atoms with Crippen LogP contribution in [0, 0.1) is 12.8 Å². The van der Waals surface area contributed by atoms with E-state index in [2.05, 4.69) is 82.3 Å². The summed E-state index contributed by atoms with van der Waals surface area (Å²) >= 11 is 0. The second-order valence-electron chi connectivity index (χ2n) is 9.21. The van der Waals surface area contributed by atoms with E-state index < -0.39 is 0 Å². The molecular weight excluding hydrogens is 394 g/mol. The molecule has 0 saturated carbocycles. The molecule has 1 saturated heterocycles. The molecule has 0 amide bonds. The number of halogens is 1. The highest BCUT2D eigenvalue weighted by Gasteiger charge is 2.28. The summed E-state index contributed by atoms with van der Waals surface area (Å²) in [5.74, 6) is 0.858. The van der Waals surface area contributed by atoms with Crippen LogP contribution in [0.15, 0.2) is 49.1 Å². The van der Waals surface area contributed by atoms with Gasteiger partial charge in [0.25, 0.3) is 0 Å². The average molecular weight is 428 g/mol. The van der Waals surface area contributed by atoms with Gasteiger partial charge in [0.2, 0.25) is 0 Å². The zero-order valence-electron chi connectivity index (χ0n) is 18.6. The minimum atomic E-state index is -0.0274. The summed E-state index contributed by atoms with van der Waals surface area (Å²) in [6, 6.07) is 10.5. The molecular formula is C24H34ClN5. The van der Waals surface area contributed by atoms with Crippen molar-refractivity contribution in [3.8, 4) is 11.3 Å². The molecule has 2 aromatic heterocycles. The molecule has 0 aliphatic carbocycles. The molecule has 1 fully saturated rings. The monoisotopic (exact) mass is 427 g/mol. The van der Waals surface area contributed by atoms with Crippen LogP contribution in [0.25, 0.3) is 11.3 Å². The number of rotatable bonds is 6. The number of piperidine rings is 1. The summed E-state index contributed by atoms with van der Waals surface area (Å²) in [5, 5.41) is 4.68. The number of nitrogens with zero attached hydrogens (tertiary/aromatic N) is 5. The van der Waals surface area contributed by atoms with Crippen molar-refractivity contribution in [1.29, 1.82) is 0 Å². The third kappa shape index (κ3) is 4.79. The van der Waals surface area contributed by atoms with Crippen LogP contribution in [0.5, 0.6) is 0 Å². The van der Waals surface area contributed by atoms with Crippen molar-refractivity contribution < 1.29 is 0 Å². The lowest BCUT2D eigenvalue weighted by Crippen LogP contribution is -2.44. The first-order valence-corrected chi connectivity index (χ1v) is 10.8. The second kappa shape index (κ2) is 9.36. The van der Waals surface area contributed by atoms with E-state index in [1.54, 1.807) is 0 Å². The smallest absolute Gasteiger partial charge is 0.0956 e. The normalized spacial score (nSPS) is 15.9. The van der Waals surface area contributed by atoms with Crippen molar-refractivity contribution in [2.75, 3.05) is 19.6 Å². The molecule has 1 aromatic carbocycles. The summed E-state index contributed by atoms with van der Waals surface area (Å²) in [4.78, 5) is 7.12. The van der Waals surface area contributed by atoms with Gasteiger partial charge in [-0.25, -0.2) is 4.98 Å². The number of imidazole rings is 1. The Morgan fingerprint density at radius 2 is 1.77 bits per heavy atom. The van der Waals surface area contributed by atoms with Gasteiger partial charge in [0, 0.05) is 17.8 Å². The predicted octanol–water partition coefficient (Wildman–Crippen LogP) is 4.99. The van der Waals surface area contributed by atoms with Gasteiger partial charge in [-0.15, -0.1) is 12.4 Å². The van der Waals surface area contributed by atoms with Crippen molar-refractivity contribution in [3.63, 3.8) is 0 Å². The van der Waals surface area contributed by atoms with Gasteiger partial charge in [-0.1, -0.05) is 37.3 Å². The van der Waals surface area contributed by atoms with Gasteiger partial charge in [-0.3, -0.25) is 4.68 Å².